The number of guanidine groups is 1. The fraction of sp³-hybridized carbons (Fsp3) is 0.591. The van der Waals surface area contributed by atoms with Gasteiger partial charge in [-0.15, -0.1) is 0 Å². The van der Waals surface area contributed by atoms with Gasteiger partial charge in [0.1, 0.15) is 6.54 Å². The van der Waals surface area contributed by atoms with Gasteiger partial charge in [0, 0.05) is 5.56 Å². The van der Waals surface area contributed by atoms with E-state index in [9.17, 15) is 10.1 Å². The van der Waals surface area contributed by atoms with E-state index in [1.54, 1.807) is 0 Å². The Kier molecular flexibility index (Phi) is 4.99. The fourth-order valence-corrected chi connectivity index (χ4v) is 5.17. The minimum absolute atomic E-state index is 0.181. The second kappa shape index (κ2) is 7.80. The molecular formula is C22H28N5O3+. The first-order valence-corrected chi connectivity index (χ1v) is 10.9. The van der Waals surface area contributed by atoms with Crippen molar-refractivity contribution in [2.75, 3.05) is 33.0 Å². The average molecular weight is 410 g/mol. The molecule has 4 aliphatic rings. The summed E-state index contributed by atoms with van der Waals surface area (Å²) in [5, 5.41) is 12.5. The minimum atomic E-state index is -0.667. The number of amides is 1. The van der Waals surface area contributed by atoms with Crippen LogP contribution in [0.3, 0.4) is 0 Å². The number of nitrogens with one attached hydrogen (secondary N) is 2. The second-order valence-electron chi connectivity index (χ2n) is 8.75. The lowest BCUT2D eigenvalue weighted by molar-refractivity contribution is -0.917. The zero-order valence-corrected chi connectivity index (χ0v) is 17.2. The molecule has 1 aromatic rings. The number of quaternary nitrogens is 1. The molecule has 1 spiro atoms. The van der Waals surface area contributed by atoms with Gasteiger partial charge in [-0.2, -0.15) is 5.26 Å². The number of nitriles is 1. The van der Waals surface area contributed by atoms with E-state index < -0.39 is 11.5 Å². The molecule has 0 radical (unpaired) electrons. The highest BCUT2D eigenvalue weighted by atomic mass is 16.7. The van der Waals surface area contributed by atoms with Gasteiger partial charge in [-0.1, -0.05) is 19.3 Å². The predicted octanol–water partition coefficient (Wildman–Crippen LogP) is 0.444. The van der Waals surface area contributed by atoms with Crippen molar-refractivity contribution >= 4 is 11.9 Å². The summed E-state index contributed by atoms with van der Waals surface area (Å²) in [4.78, 5) is 21.4. The Balaban J connectivity index is 1.25. The molecule has 3 heterocycles. The van der Waals surface area contributed by atoms with Crippen LogP contribution in [0.1, 0.15) is 37.7 Å². The zero-order valence-electron chi connectivity index (χ0n) is 17.2. The summed E-state index contributed by atoms with van der Waals surface area (Å²) < 4.78 is 10.9. The van der Waals surface area contributed by atoms with E-state index in [1.165, 1.54) is 10.5 Å². The summed E-state index contributed by atoms with van der Waals surface area (Å²) in [6.45, 7) is 4.85. The van der Waals surface area contributed by atoms with Gasteiger partial charge in [-0.25, -0.2) is 4.99 Å². The molecule has 1 saturated carbocycles. The molecule has 5 rings (SSSR count). The Bertz CT molecular complexity index is 895. The van der Waals surface area contributed by atoms with Gasteiger partial charge in [0.2, 0.25) is 18.7 Å². The van der Waals surface area contributed by atoms with Gasteiger partial charge in [0.05, 0.1) is 37.8 Å². The molecular weight excluding hydrogens is 382 g/mol. The van der Waals surface area contributed by atoms with Gasteiger partial charge >= 0.3 is 0 Å². The number of hydrogen-bond donors (Lipinski definition) is 2. The monoisotopic (exact) mass is 410 g/mol. The van der Waals surface area contributed by atoms with Crippen LogP contribution in [-0.2, 0) is 11.3 Å². The van der Waals surface area contributed by atoms with Crippen molar-refractivity contribution in [1.82, 2.24) is 10.2 Å². The SMILES string of the molecule is N#C[C@@H]1C(=O)NC(N2CC[NH+](Cc3ccc4c(c3)OCO4)CC2)=NC12CCCCC2. The predicted molar refractivity (Wildman–Crippen MR) is 109 cm³/mol. The maximum Gasteiger partial charge on any atom is 0.246 e. The van der Waals surface area contributed by atoms with Gasteiger partial charge in [-0.05, 0) is 31.0 Å². The Labute approximate surface area is 176 Å². The molecule has 8 heteroatoms. The number of rotatable bonds is 2. The molecule has 0 aromatic heterocycles. The Morgan fingerprint density at radius 1 is 1.20 bits per heavy atom. The van der Waals surface area contributed by atoms with E-state index in [4.69, 9.17) is 14.5 Å². The highest BCUT2D eigenvalue weighted by molar-refractivity contribution is 6.02. The second-order valence-corrected chi connectivity index (χ2v) is 8.75. The first kappa shape index (κ1) is 19.2. The van der Waals surface area contributed by atoms with Crippen molar-refractivity contribution in [3.8, 4) is 17.6 Å². The number of hydrogen-bond acceptors (Lipinski definition) is 6. The van der Waals surface area contributed by atoms with Crippen LogP contribution in [0, 0.1) is 17.2 Å². The lowest BCUT2D eigenvalue weighted by Crippen LogP contribution is -3.13. The van der Waals surface area contributed by atoms with Crippen LogP contribution < -0.4 is 19.7 Å². The van der Waals surface area contributed by atoms with E-state index in [0.29, 0.717) is 12.8 Å². The highest BCUT2D eigenvalue weighted by Crippen LogP contribution is 2.40. The van der Waals surface area contributed by atoms with E-state index in [0.717, 1.165) is 76.3 Å². The molecule has 1 saturated heterocycles. The Hall–Kier alpha value is -2.79. The Morgan fingerprint density at radius 3 is 2.73 bits per heavy atom. The third-order valence-corrected chi connectivity index (χ3v) is 6.87. The van der Waals surface area contributed by atoms with Crippen LogP contribution in [-0.4, -0.2) is 55.3 Å². The maximum atomic E-state index is 12.7. The van der Waals surface area contributed by atoms with Crippen LogP contribution in [0.4, 0.5) is 0 Å². The average Bonchev–Trinajstić information content (AvgIpc) is 3.23. The van der Waals surface area contributed by atoms with Crippen molar-refractivity contribution in [1.29, 1.82) is 5.26 Å². The van der Waals surface area contributed by atoms with Crippen LogP contribution in [0.5, 0.6) is 11.5 Å². The standard InChI is InChI=1S/C22H27N5O3/c23-13-17-20(28)24-21(25-22(17)6-2-1-3-7-22)27-10-8-26(9-11-27)14-16-4-5-18-19(12-16)30-15-29-18/h4-5,12,17H,1-3,6-11,14-15H2,(H,24,25,28)/p+1/t17-/m1/s1. The Morgan fingerprint density at radius 2 is 1.97 bits per heavy atom. The third-order valence-electron chi connectivity index (χ3n) is 6.87. The summed E-state index contributed by atoms with van der Waals surface area (Å²) in [6, 6.07) is 8.39. The number of aliphatic imine (C=N–C) groups is 1. The molecule has 2 N–H and O–H groups in total. The largest absolute Gasteiger partial charge is 0.454 e. The topological polar surface area (TPSA) is 91.4 Å². The minimum Gasteiger partial charge on any atom is -0.454 e. The third kappa shape index (κ3) is 3.47. The summed E-state index contributed by atoms with van der Waals surface area (Å²) >= 11 is 0. The van der Waals surface area contributed by atoms with Crippen LogP contribution >= 0.6 is 0 Å². The number of carbonyl (C=O) groups excluding carboxylic acids is 1. The van der Waals surface area contributed by atoms with E-state index in [1.807, 2.05) is 6.07 Å². The smallest absolute Gasteiger partial charge is 0.246 e. The lowest BCUT2D eigenvalue weighted by Gasteiger charge is -2.43. The van der Waals surface area contributed by atoms with E-state index >= 15 is 0 Å². The van der Waals surface area contributed by atoms with Gasteiger partial charge in [-0.3, -0.25) is 10.1 Å². The van der Waals surface area contributed by atoms with Gasteiger partial charge < -0.3 is 19.3 Å². The van der Waals surface area contributed by atoms with Crippen molar-refractivity contribution in [3.63, 3.8) is 0 Å². The van der Waals surface area contributed by atoms with Crippen LogP contribution in [0.2, 0.25) is 0 Å². The molecule has 1 aromatic carbocycles. The van der Waals surface area contributed by atoms with Crippen LogP contribution in [0.25, 0.3) is 0 Å². The summed E-state index contributed by atoms with van der Waals surface area (Å²) in [6.07, 6.45) is 4.90. The van der Waals surface area contributed by atoms with Crippen LogP contribution in [0.15, 0.2) is 23.2 Å². The van der Waals surface area contributed by atoms with Crippen molar-refractivity contribution in [2.24, 2.45) is 10.9 Å². The quantitative estimate of drug-likeness (QED) is 0.739. The van der Waals surface area contributed by atoms with Gasteiger partial charge in [0.25, 0.3) is 0 Å². The molecule has 3 aliphatic heterocycles. The maximum absolute atomic E-state index is 12.7. The molecule has 1 amide bonds. The number of fused-ring (bicyclic) bond motifs is 1. The number of benzene rings is 1. The molecule has 30 heavy (non-hydrogen) atoms. The molecule has 2 fully saturated rings. The summed E-state index contributed by atoms with van der Waals surface area (Å²) in [7, 11) is 0. The molecule has 8 nitrogen and oxygen atoms in total. The first-order valence-electron chi connectivity index (χ1n) is 10.9. The fourth-order valence-electron chi connectivity index (χ4n) is 5.17. The summed E-state index contributed by atoms with van der Waals surface area (Å²) in [5.41, 5.74) is 0.713. The zero-order chi connectivity index (χ0) is 20.6. The van der Waals surface area contributed by atoms with Gasteiger partial charge in [0.15, 0.2) is 17.4 Å². The van der Waals surface area contributed by atoms with Crippen molar-refractivity contribution in [3.05, 3.63) is 23.8 Å². The number of carbonyl (C=O) groups is 1. The normalized spacial score (nSPS) is 25.6. The lowest BCUT2D eigenvalue weighted by atomic mass is 9.72. The molecule has 0 bridgehead atoms. The highest BCUT2D eigenvalue weighted by Gasteiger charge is 2.48. The molecule has 1 aliphatic carbocycles. The number of ether oxygens (including phenoxy) is 2. The van der Waals surface area contributed by atoms with Crippen molar-refractivity contribution < 1.29 is 19.2 Å². The van der Waals surface area contributed by atoms with Crippen molar-refractivity contribution in [2.45, 2.75) is 44.2 Å². The molecule has 158 valence electrons. The number of piperazine rings is 1. The molecule has 1 atom stereocenters. The summed E-state index contributed by atoms with van der Waals surface area (Å²) in [5.74, 6) is 1.47. The first-order chi connectivity index (χ1) is 14.7. The molecule has 0 unspecified atom stereocenters. The van der Waals surface area contributed by atoms with E-state index in [2.05, 4.69) is 28.4 Å². The van der Waals surface area contributed by atoms with E-state index in [-0.39, 0.29) is 5.91 Å². The number of nitrogens with zero attached hydrogens (tertiary/aromatic N) is 3.